The van der Waals surface area contributed by atoms with Crippen LogP contribution in [0, 0.1) is 11.8 Å². The van der Waals surface area contributed by atoms with E-state index < -0.39 is 0 Å². The molecule has 0 amide bonds. The molecular weight excluding hydrogens is 216 g/mol. The Morgan fingerprint density at radius 2 is 1.39 bits per heavy atom. The summed E-state index contributed by atoms with van der Waals surface area (Å²) in [6, 6.07) is 0. The van der Waals surface area contributed by atoms with Crippen molar-refractivity contribution in [2.45, 2.75) is 54.9 Å². The second-order valence-electron chi connectivity index (χ2n) is 5.82. The van der Waals surface area contributed by atoms with Crippen LogP contribution in [0.15, 0.2) is 47.1 Å². The van der Waals surface area contributed by atoms with Crippen molar-refractivity contribution in [2.24, 2.45) is 11.8 Å². The average Bonchev–Trinajstić information content (AvgIpc) is 2.31. The van der Waals surface area contributed by atoms with Gasteiger partial charge in [-0.3, -0.25) is 0 Å². The number of hydrogen-bond donors (Lipinski definition) is 0. The van der Waals surface area contributed by atoms with Crippen LogP contribution in [0.2, 0.25) is 0 Å². The Kier molecular flexibility index (Phi) is 7.66. The van der Waals surface area contributed by atoms with Crippen molar-refractivity contribution in [2.75, 3.05) is 0 Å². The van der Waals surface area contributed by atoms with E-state index in [0.29, 0.717) is 0 Å². The monoisotopic (exact) mass is 246 g/mol. The van der Waals surface area contributed by atoms with Crippen molar-refractivity contribution >= 4 is 0 Å². The van der Waals surface area contributed by atoms with Crippen molar-refractivity contribution in [3.63, 3.8) is 0 Å². The van der Waals surface area contributed by atoms with Crippen LogP contribution in [0.25, 0.3) is 0 Å². The number of hydrogen-bond acceptors (Lipinski definition) is 0. The van der Waals surface area contributed by atoms with Crippen LogP contribution in [0.3, 0.4) is 0 Å². The summed E-state index contributed by atoms with van der Waals surface area (Å²) < 4.78 is 0. The first-order valence-electron chi connectivity index (χ1n) is 6.93. The Hall–Kier alpha value is -1.04. The zero-order chi connectivity index (χ0) is 14.3. The number of rotatable bonds is 6. The Labute approximate surface area is 114 Å². The maximum Gasteiger partial charge on any atom is -0.0317 e. The largest absolute Gasteiger partial charge is 0.0958 e. The minimum absolute atomic E-state index is 0.750. The third-order valence-electron chi connectivity index (χ3n) is 3.81. The van der Waals surface area contributed by atoms with Gasteiger partial charge in [0.05, 0.1) is 0 Å². The van der Waals surface area contributed by atoms with Gasteiger partial charge in [0.25, 0.3) is 0 Å². The van der Waals surface area contributed by atoms with Gasteiger partial charge >= 0.3 is 0 Å². The van der Waals surface area contributed by atoms with Crippen LogP contribution in [0.5, 0.6) is 0 Å². The second-order valence-corrected chi connectivity index (χ2v) is 5.82. The molecule has 0 rings (SSSR count). The van der Waals surface area contributed by atoms with Gasteiger partial charge in [0.15, 0.2) is 0 Å². The molecule has 0 aliphatic heterocycles. The minimum atomic E-state index is 0.750. The highest BCUT2D eigenvalue weighted by Crippen LogP contribution is 2.18. The molecule has 0 aromatic heterocycles. The van der Waals surface area contributed by atoms with Gasteiger partial charge in [-0.25, -0.2) is 0 Å². The van der Waals surface area contributed by atoms with E-state index in [1.165, 1.54) is 16.7 Å². The predicted molar refractivity (Wildman–Crippen MR) is 84.7 cm³/mol. The molecular formula is C18H30. The zero-order valence-electron chi connectivity index (χ0n) is 13.3. The molecule has 0 heterocycles. The van der Waals surface area contributed by atoms with Crippen LogP contribution in [-0.4, -0.2) is 0 Å². The summed E-state index contributed by atoms with van der Waals surface area (Å²) in [5.74, 6) is 1.50. The fraction of sp³-hybridized carbons (Fsp3) is 0.556. The first-order chi connectivity index (χ1) is 8.25. The van der Waals surface area contributed by atoms with Gasteiger partial charge < -0.3 is 0 Å². The summed E-state index contributed by atoms with van der Waals surface area (Å²) in [5, 5.41) is 0. The lowest BCUT2D eigenvalue weighted by atomic mass is 9.93. The topological polar surface area (TPSA) is 0 Å². The molecule has 1 unspecified atom stereocenters. The van der Waals surface area contributed by atoms with E-state index in [1.54, 1.807) is 0 Å². The molecule has 18 heavy (non-hydrogen) atoms. The molecule has 0 aromatic rings. The van der Waals surface area contributed by atoms with Gasteiger partial charge in [0.1, 0.15) is 0 Å². The molecule has 0 spiro atoms. The summed E-state index contributed by atoms with van der Waals surface area (Å²) in [6.07, 6.45) is 7.87. The zero-order valence-corrected chi connectivity index (χ0v) is 13.3. The Balaban J connectivity index is 4.64. The average molecular weight is 246 g/mol. The summed E-state index contributed by atoms with van der Waals surface area (Å²) in [6.45, 7) is 19.4. The second kappa shape index (κ2) is 8.13. The minimum Gasteiger partial charge on any atom is -0.0958 e. The fourth-order valence-corrected chi connectivity index (χ4v) is 1.32. The maximum atomic E-state index is 3.94. The van der Waals surface area contributed by atoms with Crippen LogP contribution >= 0.6 is 0 Å². The third-order valence-corrected chi connectivity index (χ3v) is 3.81. The molecule has 0 N–H and O–H groups in total. The number of allylic oxidation sites excluding steroid dienone is 7. The molecule has 0 saturated heterocycles. The quantitative estimate of drug-likeness (QED) is 0.498. The van der Waals surface area contributed by atoms with E-state index in [4.69, 9.17) is 0 Å². The Morgan fingerprint density at radius 3 is 1.83 bits per heavy atom. The van der Waals surface area contributed by atoms with E-state index in [0.717, 1.165) is 23.8 Å². The van der Waals surface area contributed by atoms with E-state index >= 15 is 0 Å². The van der Waals surface area contributed by atoms with Gasteiger partial charge in [-0.2, -0.15) is 0 Å². The van der Waals surface area contributed by atoms with Gasteiger partial charge in [0, 0.05) is 0 Å². The molecule has 0 aliphatic rings. The predicted octanol–water partition coefficient (Wildman–Crippen LogP) is 6.08. The smallest absolute Gasteiger partial charge is 0.0317 e. The Bertz CT molecular complexity index is 361. The molecule has 0 saturated carbocycles. The molecule has 0 aliphatic carbocycles. The normalized spacial score (nSPS) is 16.1. The van der Waals surface area contributed by atoms with Gasteiger partial charge in [-0.1, -0.05) is 56.7 Å². The summed E-state index contributed by atoms with van der Waals surface area (Å²) in [7, 11) is 0. The van der Waals surface area contributed by atoms with Crippen LogP contribution in [-0.2, 0) is 0 Å². The lowest BCUT2D eigenvalue weighted by molar-refractivity contribution is 0.423. The highest BCUT2D eigenvalue weighted by molar-refractivity contribution is 5.35. The standard InChI is InChI=1S/C18H30/c1-13(2)15(5)9-11-17(7)18(8)12-10-16(6)14(3)4/h9,11-12,14,16H,1,10H2,2-8H3. The SMILES string of the molecule is C=C(C)C(C)=CC=C(C)C(C)=CCC(C)C(C)C. The highest BCUT2D eigenvalue weighted by Gasteiger charge is 2.04. The molecule has 0 nitrogen and oxygen atoms in total. The molecule has 0 radical (unpaired) electrons. The summed E-state index contributed by atoms with van der Waals surface area (Å²) >= 11 is 0. The molecule has 0 aromatic carbocycles. The lowest BCUT2D eigenvalue weighted by Crippen LogP contribution is -2.02. The summed E-state index contributed by atoms with van der Waals surface area (Å²) in [5.41, 5.74) is 5.10. The molecule has 0 heteroatoms. The van der Waals surface area contributed by atoms with Crippen LogP contribution in [0.4, 0.5) is 0 Å². The molecule has 102 valence electrons. The van der Waals surface area contributed by atoms with E-state index in [9.17, 15) is 0 Å². The van der Waals surface area contributed by atoms with E-state index in [2.05, 4.69) is 66.3 Å². The van der Waals surface area contributed by atoms with Gasteiger partial charge in [-0.05, 0) is 57.1 Å². The van der Waals surface area contributed by atoms with Crippen LogP contribution < -0.4 is 0 Å². The Morgan fingerprint density at radius 1 is 0.889 bits per heavy atom. The van der Waals surface area contributed by atoms with Gasteiger partial charge in [0.2, 0.25) is 0 Å². The van der Waals surface area contributed by atoms with Crippen molar-refractivity contribution in [1.29, 1.82) is 0 Å². The lowest BCUT2D eigenvalue weighted by Gasteiger charge is -2.13. The van der Waals surface area contributed by atoms with E-state index in [1.807, 2.05) is 6.92 Å². The van der Waals surface area contributed by atoms with Crippen molar-refractivity contribution in [1.82, 2.24) is 0 Å². The molecule has 0 fully saturated rings. The first-order valence-corrected chi connectivity index (χ1v) is 6.93. The van der Waals surface area contributed by atoms with Crippen molar-refractivity contribution in [3.05, 3.63) is 47.1 Å². The van der Waals surface area contributed by atoms with Crippen LogP contribution in [0.1, 0.15) is 54.9 Å². The summed E-state index contributed by atoms with van der Waals surface area (Å²) in [4.78, 5) is 0. The van der Waals surface area contributed by atoms with Gasteiger partial charge in [-0.15, -0.1) is 0 Å². The maximum absolute atomic E-state index is 3.94. The third kappa shape index (κ3) is 6.64. The first kappa shape index (κ1) is 17.0. The van der Waals surface area contributed by atoms with Crippen molar-refractivity contribution < 1.29 is 0 Å². The fourth-order valence-electron chi connectivity index (χ4n) is 1.32. The molecule has 0 bridgehead atoms. The van der Waals surface area contributed by atoms with E-state index in [-0.39, 0.29) is 0 Å². The molecule has 1 atom stereocenters. The van der Waals surface area contributed by atoms with Crippen molar-refractivity contribution in [3.8, 4) is 0 Å². The highest BCUT2D eigenvalue weighted by atomic mass is 14.1.